The third-order valence-corrected chi connectivity index (χ3v) is 4.13. The number of amides is 1. The highest BCUT2D eigenvalue weighted by Gasteiger charge is 2.16. The van der Waals surface area contributed by atoms with Crippen LogP contribution in [0.4, 0.5) is 11.4 Å². The van der Waals surface area contributed by atoms with Gasteiger partial charge in [-0.05, 0) is 42.5 Å². The minimum absolute atomic E-state index is 0.151. The highest BCUT2D eigenvalue weighted by atomic mass is 32.2. The number of hydrogen-bond donors (Lipinski definition) is 2. The van der Waals surface area contributed by atoms with Gasteiger partial charge in [-0.15, -0.1) is 0 Å². The van der Waals surface area contributed by atoms with Crippen molar-refractivity contribution in [2.75, 3.05) is 16.3 Å². The maximum atomic E-state index is 12.7. The summed E-state index contributed by atoms with van der Waals surface area (Å²) in [6.45, 7) is 0. The van der Waals surface area contributed by atoms with Crippen LogP contribution in [0.3, 0.4) is 0 Å². The summed E-state index contributed by atoms with van der Waals surface area (Å²) in [5.74, 6) is 0.570. The SMILES string of the molecule is CS(=O)(=O)Nc1ccc(Oc2ccccc2)cc1C(=O)Nc1ccccc1. The van der Waals surface area contributed by atoms with E-state index < -0.39 is 15.9 Å². The molecule has 0 aliphatic rings. The Balaban J connectivity index is 1.93. The molecular weight excluding hydrogens is 364 g/mol. The molecule has 2 N–H and O–H groups in total. The second-order valence-corrected chi connectivity index (χ2v) is 7.57. The van der Waals surface area contributed by atoms with Gasteiger partial charge in [0.2, 0.25) is 10.0 Å². The number of ether oxygens (including phenoxy) is 1. The Hall–Kier alpha value is -3.32. The minimum atomic E-state index is -3.55. The van der Waals surface area contributed by atoms with E-state index in [0.717, 1.165) is 6.26 Å². The molecule has 138 valence electrons. The molecule has 1 amide bonds. The van der Waals surface area contributed by atoms with Gasteiger partial charge in [-0.25, -0.2) is 8.42 Å². The Morgan fingerprint density at radius 2 is 1.48 bits per heavy atom. The monoisotopic (exact) mass is 382 g/mol. The summed E-state index contributed by atoms with van der Waals surface area (Å²) in [5, 5.41) is 2.75. The van der Waals surface area contributed by atoms with Gasteiger partial charge in [0.1, 0.15) is 11.5 Å². The van der Waals surface area contributed by atoms with Crippen LogP contribution in [0.1, 0.15) is 10.4 Å². The van der Waals surface area contributed by atoms with Crippen LogP contribution >= 0.6 is 0 Å². The summed E-state index contributed by atoms with van der Waals surface area (Å²) in [7, 11) is -3.55. The topological polar surface area (TPSA) is 84.5 Å². The fourth-order valence-corrected chi connectivity index (χ4v) is 2.99. The average molecular weight is 382 g/mol. The predicted octanol–water partition coefficient (Wildman–Crippen LogP) is 4.10. The molecule has 0 atom stereocenters. The number of hydrogen-bond acceptors (Lipinski definition) is 4. The molecule has 3 rings (SSSR count). The largest absolute Gasteiger partial charge is 0.457 e. The first kappa shape index (κ1) is 18.5. The van der Waals surface area contributed by atoms with E-state index in [4.69, 9.17) is 4.74 Å². The molecule has 0 radical (unpaired) electrons. The van der Waals surface area contributed by atoms with Crippen LogP contribution in [0.5, 0.6) is 11.5 Å². The molecule has 0 aliphatic carbocycles. The van der Waals surface area contributed by atoms with Crippen molar-refractivity contribution in [1.29, 1.82) is 0 Å². The van der Waals surface area contributed by atoms with Gasteiger partial charge < -0.3 is 10.1 Å². The summed E-state index contributed by atoms with van der Waals surface area (Å²) < 4.78 is 31.4. The van der Waals surface area contributed by atoms with Crippen LogP contribution in [0.15, 0.2) is 78.9 Å². The molecule has 0 aromatic heterocycles. The molecule has 7 heteroatoms. The number of anilines is 2. The van der Waals surface area contributed by atoms with Crippen molar-refractivity contribution < 1.29 is 17.9 Å². The summed E-state index contributed by atoms with van der Waals surface area (Å²) in [5.41, 5.74) is 0.922. The molecule has 0 aliphatic heterocycles. The van der Waals surface area contributed by atoms with E-state index in [2.05, 4.69) is 10.0 Å². The highest BCUT2D eigenvalue weighted by Crippen LogP contribution is 2.27. The first-order chi connectivity index (χ1) is 12.9. The molecule has 0 heterocycles. The number of carbonyl (C=O) groups is 1. The number of benzene rings is 3. The van der Waals surface area contributed by atoms with E-state index >= 15 is 0 Å². The summed E-state index contributed by atoms with van der Waals surface area (Å²) in [4.78, 5) is 12.7. The smallest absolute Gasteiger partial charge is 0.257 e. The molecule has 0 bridgehead atoms. The predicted molar refractivity (Wildman–Crippen MR) is 106 cm³/mol. The molecule has 0 spiro atoms. The van der Waals surface area contributed by atoms with Crippen molar-refractivity contribution in [3.8, 4) is 11.5 Å². The van der Waals surface area contributed by atoms with Crippen LogP contribution < -0.4 is 14.8 Å². The van der Waals surface area contributed by atoms with Gasteiger partial charge in [-0.3, -0.25) is 9.52 Å². The van der Waals surface area contributed by atoms with Gasteiger partial charge in [-0.2, -0.15) is 0 Å². The summed E-state index contributed by atoms with van der Waals surface area (Å²) in [6, 6.07) is 22.6. The van der Waals surface area contributed by atoms with Crippen LogP contribution in [0, 0.1) is 0 Å². The second-order valence-electron chi connectivity index (χ2n) is 5.82. The zero-order chi connectivity index (χ0) is 19.3. The van der Waals surface area contributed by atoms with Crippen LogP contribution in [0.25, 0.3) is 0 Å². The fourth-order valence-electron chi connectivity index (χ4n) is 2.41. The van der Waals surface area contributed by atoms with E-state index in [-0.39, 0.29) is 11.3 Å². The second kappa shape index (κ2) is 7.92. The molecular formula is C20H18N2O4S. The van der Waals surface area contributed by atoms with Crippen LogP contribution in [-0.2, 0) is 10.0 Å². The summed E-state index contributed by atoms with van der Waals surface area (Å²) >= 11 is 0. The molecule has 0 unspecified atom stereocenters. The average Bonchev–Trinajstić information content (AvgIpc) is 2.63. The van der Waals surface area contributed by atoms with E-state index in [0.29, 0.717) is 17.2 Å². The Kier molecular flexibility index (Phi) is 5.42. The van der Waals surface area contributed by atoms with Crippen molar-refractivity contribution in [1.82, 2.24) is 0 Å². The lowest BCUT2D eigenvalue weighted by atomic mass is 10.1. The zero-order valence-electron chi connectivity index (χ0n) is 14.5. The number of rotatable bonds is 6. The third-order valence-electron chi connectivity index (χ3n) is 3.54. The van der Waals surface area contributed by atoms with Gasteiger partial charge >= 0.3 is 0 Å². The highest BCUT2D eigenvalue weighted by molar-refractivity contribution is 7.92. The lowest BCUT2D eigenvalue weighted by molar-refractivity contribution is 0.102. The molecule has 0 saturated carbocycles. The number of para-hydroxylation sites is 2. The number of carbonyl (C=O) groups excluding carboxylic acids is 1. The molecule has 27 heavy (non-hydrogen) atoms. The molecule has 3 aromatic rings. The zero-order valence-corrected chi connectivity index (χ0v) is 15.4. The van der Waals surface area contributed by atoms with Crippen LogP contribution in [-0.4, -0.2) is 20.6 Å². The Morgan fingerprint density at radius 3 is 2.11 bits per heavy atom. The van der Waals surface area contributed by atoms with E-state index in [1.165, 1.54) is 12.1 Å². The van der Waals surface area contributed by atoms with Crippen molar-refractivity contribution in [3.63, 3.8) is 0 Å². The fraction of sp³-hybridized carbons (Fsp3) is 0.0500. The third kappa shape index (κ3) is 5.32. The lowest BCUT2D eigenvalue weighted by Gasteiger charge is -2.13. The van der Waals surface area contributed by atoms with Crippen molar-refractivity contribution >= 4 is 27.3 Å². The van der Waals surface area contributed by atoms with Gasteiger partial charge in [-0.1, -0.05) is 36.4 Å². The first-order valence-electron chi connectivity index (χ1n) is 8.12. The Morgan fingerprint density at radius 1 is 0.852 bits per heavy atom. The standard InChI is InChI=1S/C20H18N2O4S/c1-27(24,25)22-19-13-12-17(26-16-10-6-3-7-11-16)14-18(19)20(23)21-15-8-4-2-5-9-15/h2-14,22H,1H3,(H,21,23). The van der Waals surface area contributed by atoms with Crippen molar-refractivity contribution in [2.45, 2.75) is 0 Å². The van der Waals surface area contributed by atoms with Crippen molar-refractivity contribution in [2.24, 2.45) is 0 Å². The number of nitrogens with one attached hydrogen (secondary N) is 2. The van der Waals surface area contributed by atoms with Gasteiger partial charge in [0, 0.05) is 5.69 Å². The molecule has 0 fully saturated rings. The normalized spacial score (nSPS) is 10.9. The van der Waals surface area contributed by atoms with Crippen LogP contribution in [0.2, 0.25) is 0 Å². The maximum Gasteiger partial charge on any atom is 0.257 e. The van der Waals surface area contributed by atoms with E-state index in [1.807, 2.05) is 24.3 Å². The Bertz CT molecular complexity index is 1040. The van der Waals surface area contributed by atoms with Gasteiger partial charge in [0.15, 0.2) is 0 Å². The number of sulfonamides is 1. The quantitative estimate of drug-likeness (QED) is 0.672. The van der Waals surface area contributed by atoms with E-state index in [1.54, 1.807) is 42.5 Å². The minimum Gasteiger partial charge on any atom is -0.457 e. The Labute approximate surface area is 157 Å². The summed E-state index contributed by atoms with van der Waals surface area (Å²) in [6.07, 6.45) is 1.03. The molecule has 0 saturated heterocycles. The van der Waals surface area contributed by atoms with Gasteiger partial charge in [0.05, 0.1) is 17.5 Å². The van der Waals surface area contributed by atoms with E-state index in [9.17, 15) is 13.2 Å². The van der Waals surface area contributed by atoms with Gasteiger partial charge in [0.25, 0.3) is 5.91 Å². The van der Waals surface area contributed by atoms with Crippen molar-refractivity contribution in [3.05, 3.63) is 84.4 Å². The molecule has 3 aromatic carbocycles. The maximum absolute atomic E-state index is 12.7. The lowest BCUT2D eigenvalue weighted by Crippen LogP contribution is -2.17. The first-order valence-corrected chi connectivity index (χ1v) is 10.0. The molecule has 6 nitrogen and oxygen atoms in total.